The van der Waals surface area contributed by atoms with E-state index in [4.69, 9.17) is 0 Å². The Balaban J connectivity index is 2.42. The summed E-state index contributed by atoms with van der Waals surface area (Å²) >= 11 is 3.14. The summed E-state index contributed by atoms with van der Waals surface area (Å²) in [6, 6.07) is 3.88. The number of ketones is 1. The highest BCUT2D eigenvalue weighted by molar-refractivity contribution is 9.10. The maximum atomic E-state index is 12.8. The number of nitrogens with zero attached hydrogens (tertiary/aromatic N) is 2. The van der Waals surface area contributed by atoms with Crippen LogP contribution in [0.3, 0.4) is 0 Å². The summed E-state index contributed by atoms with van der Waals surface area (Å²) in [6.07, 6.45) is 4.29. The molecular formula is C11H6BrFN2O. The van der Waals surface area contributed by atoms with E-state index in [2.05, 4.69) is 25.9 Å². The topological polar surface area (TPSA) is 42.9 Å². The number of hydrogen-bond acceptors (Lipinski definition) is 3. The standard InChI is InChI=1S/C11H6BrFN2O/c12-9-5-7(13)1-2-8(9)11(16)10-6-14-3-4-15-10/h1-6H. The van der Waals surface area contributed by atoms with Gasteiger partial charge < -0.3 is 0 Å². The van der Waals surface area contributed by atoms with E-state index in [-0.39, 0.29) is 11.5 Å². The highest BCUT2D eigenvalue weighted by atomic mass is 79.9. The molecule has 0 fully saturated rings. The molecular weight excluding hydrogens is 275 g/mol. The molecule has 0 saturated heterocycles. The average molecular weight is 281 g/mol. The fourth-order valence-electron chi connectivity index (χ4n) is 1.23. The Hall–Kier alpha value is -1.62. The van der Waals surface area contributed by atoms with Crippen molar-refractivity contribution in [3.8, 4) is 0 Å². The first-order chi connectivity index (χ1) is 7.68. The number of hydrogen-bond donors (Lipinski definition) is 0. The van der Waals surface area contributed by atoms with E-state index in [0.29, 0.717) is 10.0 Å². The van der Waals surface area contributed by atoms with E-state index >= 15 is 0 Å². The van der Waals surface area contributed by atoms with E-state index in [1.54, 1.807) is 0 Å². The van der Waals surface area contributed by atoms with Gasteiger partial charge in [0.05, 0.1) is 6.20 Å². The SMILES string of the molecule is O=C(c1cnccn1)c1ccc(F)cc1Br. The normalized spacial score (nSPS) is 10.1. The molecule has 0 aliphatic carbocycles. The Bertz CT molecular complexity index is 531. The van der Waals surface area contributed by atoms with Crippen molar-refractivity contribution < 1.29 is 9.18 Å². The van der Waals surface area contributed by atoms with Crippen LogP contribution in [0, 0.1) is 5.82 Å². The minimum Gasteiger partial charge on any atom is -0.287 e. The van der Waals surface area contributed by atoms with Crippen LogP contribution in [0.2, 0.25) is 0 Å². The highest BCUT2D eigenvalue weighted by Crippen LogP contribution is 2.20. The van der Waals surface area contributed by atoms with Gasteiger partial charge in [-0.25, -0.2) is 9.37 Å². The van der Waals surface area contributed by atoms with Gasteiger partial charge in [-0.1, -0.05) is 0 Å². The van der Waals surface area contributed by atoms with Gasteiger partial charge in [-0.3, -0.25) is 9.78 Å². The molecule has 0 N–H and O–H groups in total. The monoisotopic (exact) mass is 280 g/mol. The average Bonchev–Trinajstić information content (AvgIpc) is 2.29. The molecule has 0 amide bonds. The number of halogens is 2. The van der Waals surface area contributed by atoms with Gasteiger partial charge in [-0.05, 0) is 34.1 Å². The molecule has 5 heteroatoms. The molecule has 0 aliphatic rings. The molecule has 80 valence electrons. The smallest absolute Gasteiger partial charge is 0.214 e. The van der Waals surface area contributed by atoms with E-state index in [1.165, 1.54) is 36.8 Å². The maximum absolute atomic E-state index is 12.8. The Morgan fingerprint density at radius 1 is 1.31 bits per heavy atom. The second-order valence-electron chi connectivity index (χ2n) is 3.04. The first-order valence-electron chi connectivity index (χ1n) is 4.44. The second kappa shape index (κ2) is 4.49. The van der Waals surface area contributed by atoms with E-state index in [9.17, 15) is 9.18 Å². The Labute approximate surface area is 99.5 Å². The summed E-state index contributed by atoms with van der Waals surface area (Å²) in [5.74, 6) is -0.692. The van der Waals surface area contributed by atoms with Gasteiger partial charge in [0.25, 0.3) is 0 Å². The van der Waals surface area contributed by atoms with Gasteiger partial charge in [0.15, 0.2) is 0 Å². The van der Waals surface area contributed by atoms with Gasteiger partial charge in [0, 0.05) is 22.4 Å². The highest BCUT2D eigenvalue weighted by Gasteiger charge is 2.14. The van der Waals surface area contributed by atoms with Gasteiger partial charge >= 0.3 is 0 Å². The summed E-state index contributed by atoms with van der Waals surface area (Å²) in [6.45, 7) is 0. The predicted molar refractivity (Wildman–Crippen MR) is 59.6 cm³/mol. The lowest BCUT2D eigenvalue weighted by Gasteiger charge is -2.02. The van der Waals surface area contributed by atoms with Crippen LogP contribution >= 0.6 is 15.9 Å². The van der Waals surface area contributed by atoms with Gasteiger partial charge in [0.1, 0.15) is 11.5 Å². The van der Waals surface area contributed by atoms with Gasteiger partial charge in [0.2, 0.25) is 5.78 Å². The summed E-state index contributed by atoms with van der Waals surface area (Å²) in [7, 11) is 0. The van der Waals surface area contributed by atoms with Crippen molar-refractivity contribution in [2.45, 2.75) is 0 Å². The second-order valence-corrected chi connectivity index (χ2v) is 3.90. The number of benzene rings is 1. The molecule has 0 bridgehead atoms. The maximum Gasteiger partial charge on any atom is 0.214 e. The van der Waals surface area contributed by atoms with Crippen LogP contribution in [-0.2, 0) is 0 Å². The first-order valence-corrected chi connectivity index (χ1v) is 5.23. The van der Waals surface area contributed by atoms with Gasteiger partial charge in [-0.15, -0.1) is 0 Å². The fraction of sp³-hybridized carbons (Fsp3) is 0. The van der Waals surface area contributed by atoms with Crippen LogP contribution in [0.5, 0.6) is 0 Å². The van der Waals surface area contributed by atoms with Gasteiger partial charge in [-0.2, -0.15) is 0 Å². The minimum absolute atomic E-state index is 0.231. The molecule has 0 unspecified atom stereocenters. The Morgan fingerprint density at radius 2 is 2.12 bits per heavy atom. The van der Waals surface area contributed by atoms with Crippen molar-refractivity contribution in [2.75, 3.05) is 0 Å². The van der Waals surface area contributed by atoms with Crippen LogP contribution in [0.15, 0.2) is 41.3 Å². The van der Waals surface area contributed by atoms with Crippen molar-refractivity contribution in [2.24, 2.45) is 0 Å². The summed E-state index contributed by atoms with van der Waals surface area (Å²) in [5.41, 5.74) is 0.594. The molecule has 0 radical (unpaired) electrons. The Kier molecular flexibility index (Phi) is 3.05. The quantitative estimate of drug-likeness (QED) is 0.795. The van der Waals surface area contributed by atoms with Crippen LogP contribution in [0.25, 0.3) is 0 Å². The zero-order chi connectivity index (χ0) is 11.5. The van der Waals surface area contributed by atoms with Crippen LogP contribution in [0.1, 0.15) is 16.1 Å². The number of carbonyl (C=O) groups is 1. The molecule has 0 aliphatic heterocycles. The summed E-state index contributed by atoms with van der Waals surface area (Å²) < 4.78 is 13.2. The lowest BCUT2D eigenvalue weighted by Crippen LogP contribution is -2.05. The van der Waals surface area contributed by atoms with Crippen molar-refractivity contribution in [1.82, 2.24) is 9.97 Å². The lowest BCUT2D eigenvalue weighted by molar-refractivity contribution is 0.103. The van der Waals surface area contributed by atoms with Crippen molar-refractivity contribution in [3.05, 3.63) is 58.3 Å². The predicted octanol–water partition coefficient (Wildman–Crippen LogP) is 2.61. The first kappa shape index (κ1) is 10.9. The van der Waals surface area contributed by atoms with Crippen LogP contribution in [0.4, 0.5) is 4.39 Å². The molecule has 1 aromatic heterocycles. The third kappa shape index (κ3) is 2.14. The molecule has 3 nitrogen and oxygen atoms in total. The zero-order valence-electron chi connectivity index (χ0n) is 8.02. The van der Waals surface area contributed by atoms with E-state index in [1.807, 2.05) is 0 Å². The van der Waals surface area contributed by atoms with Crippen LogP contribution in [-0.4, -0.2) is 15.8 Å². The third-order valence-electron chi connectivity index (χ3n) is 1.97. The van der Waals surface area contributed by atoms with Crippen molar-refractivity contribution in [1.29, 1.82) is 0 Å². The largest absolute Gasteiger partial charge is 0.287 e. The molecule has 0 atom stereocenters. The molecule has 1 heterocycles. The number of carbonyl (C=O) groups excluding carboxylic acids is 1. The number of aromatic nitrogens is 2. The fourth-order valence-corrected chi connectivity index (χ4v) is 1.76. The lowest BCUT2D eigenvalue weighted by atomic mass is 10.1. The summed E-state index contributed by atoms with van der Waals surface area (Å²) in [5, 5.41) is 0. The van der Waals surface area contributed by atoms with Crippen molar-refractivity contribution in [3.63, 3.8) is 0 Å². The number of rotatable bonds is 2. The molecule has 2 aromatic rings. The summed E-state index contributed by atoms with van der Waals surface area (Å²) in [4.78, 5) is 19.6. The van der Waals surface area contributed by atoms with Crippen molar-refractivity contribution >= 4 is 21.7 Å². The molecule has 1 aromatic carbocycles. The van der Waals surface area contributed by atoms with E-state index < -0.39 is 5.82 Å². The molecule has 2 rings (SSSR count). The molecule has 0 spiro atoms. The molecule has 16 heavy (non-hydrogen) atoms. The van der Waals surface area contributed by atoms with E-state index in [0.717, 1.165) is 0 Å². The van der Waals surface area contributed by atoms with Crippen LogP contribution < -0.4 is 0 Å². The Morgan fingerprint density at radius 3 is 2.75 bits per heavy atom. The third-order valence-corrected chi connectivity index (χ3v) is 2.63. The zero-order valence-corrected chi connectivity index (χ0v) is 9.61. The minimum atomic E-state index is -0.400. The molecule has 0 saturated carbocycles.